The van der Waals surface area contributed by atoms with Gasteiger partial charge in [-0.05, 0) is 13.0 Å². The van der Waals surface area contributed by atoms with Crippen LogP contribution in [0, 0.1) is 10.1 Å². The highest BCUT2D eigenvalue weighted by molar-refractivity contribution is 5.85. The molecule has 0 saturated heterocycles. The van der Waals surface area contributed by atoms with Gasteiger partial charge in [0.15, 0.2) is 11.5 Å². The van der Waals surface area contributed by atoms with E-state index in [1.165, 1.54) is 21.1 Å². The molecule has 1 rings (SSSR count). The summed E-state index contributed by atoms with van der Waals surface area (Å²) >= 11 is 0. The van der Waals surface area contributed by atoms with Crippen LogP contribution in [0.25, 0.3) is 0 Å². The lowest BCUT2D eigenvalue weighted by atomic mass is 9.98. The number of nitrogens with zero attached hydrogens (tertiary/aromatic N) is 1. The Morgan fingerprint density at radius 2 is 1.83 bits per heavy atom. The standard InChI is InChI=1S/C13H16F2N2O6.ClH/c1-4-23-12(18)13(14,15)11(16)7-5-9(21-2)10(22-3)6-8(7)17(19)20;/h5-6,11H,4,16H2,1-3H3;1H/t11-;/m1./s1. The lowest BCUT2D eigenvalue weighted by Gasteiger charge is -2.22. The Bertz CT molecular complexity index is 614. The number of nitro groups is 1. The number of carbonyl (C=O) groups excluding carboxylic acids is 1. The molecule has 8 nitrogen and oxygen atoms in total. The van der Waals surface area contributed by atoms with Gasteiger partial charge >= 0.3 is 11.9 Å². The highest BCUT2D eigenvalue weighted by Crippen LogP contribution is 2.41. The SMILES string of the molecule is CCOC(=O)C(F)(F)[C@H](N)c1cc(OC)c(OC)cc1[N+](=O)[O-].Cl. The van der Waals surface area contributed by atoms with E-state index < -0.39 is 34.1 Å². The van der Waals surface area contributed by atoms with Crippen molar-refractivity contribution in [1.82, 2.24) is 0 Å². The predicted molar refractivity (Wildman–Crippen MR) is 82.0 cm³/mol. The highest BCUT2D eigenvalue weighted by Gasteiger charge is 2.50. The van der Waals surface area contributed by atoms with Crippen molar-refractivity contribution in [3.63, 3.8) is 0 Å². The van der Waals surface area contributed by atoms with Crippen molar-refractivity contribution < 1.29 is 32.7 Å². The number of nitrogens with two attached hydrogens (primary N) is 1. The van der Waals surface area contributed by atoms with Crippen molar-refractivity contribution >= 4 is 24.1 Å². The number of benzene rings is 1. The Hall–Kier alpha value is -2.20. The summed E-state index contributed by atoms with van der Waals surface area (Å²) in [7, 11) is 2.46. The Kier molecular flexibility index (Phi) is 7.81. The summed E-state index contributed by atoms with van der Waals surface area (Å²) in [6.45, 7) is 1.06. The molecule has 0 fully saturated rings. The van der Waals surface area contributed by atoms with Crippen LogP contribution in [-0.4, -0.2) is 37.6 Å². The minimum Gasteiger partial charge on any atom is -0.493 e. The minimum absolute atomic E-state index is 0. The first-order chi connectivity index (χ1) is 10.7. The molecule has 0 aliphatic rings. The molecule has 136 valence electrons. The summed E-state index contributed by atoms with van der Waals surface area (Å²) in [5.41, 5.74) is 4.10. The van der Waals surface area contributed by atoms with Crippen LogP contribution in [0.4, 0.5) is 14.5 Å². The van der Waals surface area contributed by atoms with Gasteiger partial charge in [0.2, 0.25) is 0 Å². The Balaban J connectivity index is 0.00000529. The molecular formula is C13H17ClF2N2O6. The van der Waals surface area contributed by atoms with Crippen molar-refractivity contribution in [3.05, 3.63) is 27.8 Å². The molecule has 24 heavy (non-hydrogen) atoms. The van der Waals surface area contributed by atoms with E-state index in [-0.39, 0.29) is 30.5 Å². The van der Waals surface area contributed by atoms with Gasteiger partial charge in [-0.25, -0.2) is 4.79 Å². The number of hydrogen-bond acceptors (Lipinski definition) is 7. The van der Waals surface area contributed by atoms with E-state index in [1.807, 2.05) is 0 Å². The number of esters is 1. The quantitative estimate of drug-likeness (QED) is 0.444. The van der Waals surface area contributed by atoms with Crippen LogP contribution in [0.5, 0.6) is 11.5 Å². The van der Waals surface area contributed by atoms with Gasteiger partial charge in [0, 0.05) is 0 Å². The fourth-order valence-electron chi connectivity index (χ4n) is 1.84. The summed E-state index contributed by atoms with van der Waals surface area (Å²) in [6.07, 6.45) is 0. The number of rotatable bonds is 7. The first-order valence-electron chi connectivity index (χ1n) is 6.41. The molecule has 2 N–H and O–H groups in total. The van der Waals surface area contributed by atoms with Crippen LogP contribution in [-0.2, 0) is 9.53 Å². The van der Waals surface area contributed by atoms with Crippen molar-refractivity contribution in [2.24, 2.45) is 5.73 Å². The Morgan fingerprint density at radius 1 is 1.33 bits per heavy atom. The van der Waals surface area contributed by atoms with Crippen LogP contribution in [0.2, 0.25) is 0 Å². The van der Waals surface area contributed by atoms with Crippen LogP contribution in [0.3, 0.4) is 0 Å². The fourth-order valence-corrected chi connectivity index (χ4v) is 1.84. The van der Waals surface area contributed by atoms with Crippen LogP contribution >= 0.6 is 12.4 Å². The Morgan fingerprint density at radius 3 is 2.25 bits per heavy atom. The second kappa shape index (κ2) is 8.60. The highest BCUT2D eigenvalue weighted by atomic mass is 35.5. The molecule has 0 unspecified atom stereocenters. The molecular weight excluding hydrogens is 354 g/mol. The van der Waals surface area contributed by atoms with Gasteiger partial charge < -0.3 is 19.9 Å². The minimum atomic E-state index is -4.15. The monoisotopic (exact) mass is 370 g/mol. The topological polar surface area (TPSA) is 114 Å². The second-order valence-electron chi connectivity index (χ2n) is 4.34. The largest absolute Gasteiger partial charge is 0.493 e. The second-order valence-corrected chi connectivity index (χ2v) is 4.34. The summed E-state index contributed by atoms with van der Waals surface area (Å²) in [4.78, 5) is 21.6. The van der Waals surface area contributed by atoms with E-state index in [1.54, 1.807) is 0 Å². The number of hydrogen-bond donors (Lipinski definition) is 1. The number of ether oxygens (including phenoxy) is 3. The molecule has 1 aromatic rings. The summed E-state index contributed by atoms with van der Waals surface area (Å²) < 4.78 is 42.2. The maximum atomic E-state index is 14.1. The Labute approximate surface area is 142 Å². The molecule has 0 saturated carbocycles. The maximum absolute atomic E-state index is 14.1. The van der Waals surface area contributed by atoms with Crippen LogP contribution < -0.4 is 15.2 Å². The molecule has 0 aliphatic heterocycles. The first kappa shape index (κ1) is 21.8. The molecule has 0 amide bonds. The molecule has 0 spiro atoms. The van der Waals surface area contributed by atoms with Gasteiger partial charge in [0.25, 0.3) is 5.69 Å². The third-order valence-corrected chi connectivity index (χ3v) is 3.00. The number of carbonyl (C=O) groups is 1. The van der Waals surface area contributed by atoms with Gasteiger partial charge in [0.1, 0.15) is 6.04 Å². The van der Waals surface area contributed by atoms with E-state index in [9.17, 15) is 23.7 Å². The third kappa shape index (κ3) is 4.20. The van der Waals surface area contributed by atoms with E-state index in [0.29, 0.717) is 0 Å². The number of nitro benzene ring substituents is 1. The van der Waals surface area contributed by atoms with Crippen molar-refractivity contribution in [1.29, 1.82) is 0 Å². The fraction of sp³-hybridized carbons (Fsp3) is 0.462. The molecule has 0 radical (unpaired) electrons. The molecule has 0 aliphatic carbocycles. The van der Waals surface area contributed by atoms with Gasteiger partial charge in [-0.2, -0.15) is 8.78 Å². The van der Waals surface area contributed by atoms with Gasteiger partial charge in [-0.3, -0.25) is 10.1 Å². The van der Waals surface area contributed by atoms with Crippen molar-refractivity contribution in [3.8, 4) is 11.5 Å². The normalized spacial score (nSPS) is 11.9. The molecule has 1 atom stereocenters. The lowest BCUT2D eigenvalue weighted by molar-refractivity contribution is -0.386. The van der Waals surface area contributed by atoms with E-state index in [0.717, 1.165) is 12.1 Å². The van der Waals surface area contributed by atoms with Crippen LogP contribution in [0.1, 0.15) is 18.5 Å². The molecule has 1 aromatic carbocycles. The zero-order valence-corrected chi connectivity index (χ0v) is 13.9. The summed E-state index contributed by atoms with van der Waals surface area (Å²) in [5, 5.41) is 11.1. The first-order valence-corrected chi connectivity index (χ1v) is 6.41. The number of alkyl halides is 2. The molecule has 0 aromatic heterocycles. The predicted octanol–water partition coefficient (Wildman–Crippen LogP) is 2.23. The smallest absolute Gasteiger partial charge is 0.379 e. The average Bonchev–Trinajstić information content (AvgIpc) is 2.52. The van der Waals surface area contributed by atoms with Crippen molar-refractivity contribution in [2.45, 2.75) is 18.9 Å². The number of halogens is 3. The average molecular weight is 371 g/mol. The molecule has 11 heteroatoms. The van der Waals surface area contributed by atoms with E-state index in [4.69, 9.17) is 15.2 Å². The van der Waals surface area contributed by atoms with Crippen molar-refractivity contribution in [2.75, 3.05) is 20.8 Å². The zero-order valence-electron chi connectivity index (χ0n) is 13.1. The number of methoxy groups -OCH3 is 2. The van der Waals surface area contributed by atoms with E-state index >= 15 is 0 Å². The molecule has 0 bridgehead atoms. The maximum Gasteiger partial charge on any atom is 0.379 e. The van der Waals surface area contributed by atoms with Gasteiger partial charge in [-0.1, -0.05) is 0 Å². The zero-order chi connectivity index (χ0) is 17.8. The summed E-state index contributed by atoms with van der Waals surface area (Å²) in [6, 6.07) is -0.453. The third-order valence-electron chi connectivity index (χ3n) is 3.00. The summed E-state index contributed by atoms with van der Waals surface area (Å²) in [5.74, 6) is -6.09. The lowest BCUT2D eigenvalue weighted by Crippen LogP contribution is -2.42. The van der Waals surface area contributed by atoms with E-state index in [2.05, 4.69) is 4.74 Å². The van der Waals surface area contributed by atoms with Gasteiger partial charge in [-0.15, -0.1) is 12.4 Å². The van der Waals surface area contributed by atoms with Gasteiger partial charge in [0.05, 0.1) is 37.4 Å². The van der Waals surface area contributed by atoms with Crippen LogP contribution in [0.15, 0.2) is 12.1 Å². The molecule has 0 heterocycles.